The van der Waals surface area contributed by atoms with Gasteiger partial charge in [0.05, 0.1) is 58.5 Å². The van der Waals surface area contributed by atoms with E-state index in [9.17, 15) is 107 Å². The first-order valence-corrected chi connectivity index (χ1v) is 33.8. The van der Waals surface area contributed by atoms with Crippen LogP contribution in [0.1, 0.15) is 98.8 Å². The summed E-state index contributed by atoms with van der Waals surface area (Å²) in [5.41, 5.74) is -0.608. The molecular weight excluding hydrogens is 1300 g/mol. The summed E-state index contributed by atoms with van der Waals surface area (Å²) in [5, 5.41) is 222. The summed E-state index contributed by atoms with van der Waals surface area (Å²) in [6.45, 7) is 4.15. The minimum Gasteiger partial charge on any atom is -0.458 e. The van der Waals surface area contributed by atoms with Gasteiger partial charge in [-0.05, 0) is 87.4 Å². The van der Waals surface area contributed by atoms with E-state index in [1.807, 2.05) is 0 Å². The lowest BCUT2D eigenvalue weighted by Crippen LogP contribution is -2.69. The number of aliphatic hydroxyl groups is 20. The zero-order valence-electron chi connectivity index (χ0n) is 54.7. The topological polar surface area (TPSA) is 542 Å². The molecule has 0 unspecified atom stereocenters. The number of carbonyl (C=O) groups is 1. The van der Waals surface area contributed by atoms with Gasteiger partial charge in [0.1, 0.15) is 146 Å². The fourth-order valence-electron chi connectivity index (χ4n) is 18.4. The fraction of sp³-hybridized carbons (Fsp3) is 0.952. The predicted octanol–water partition coefficient (Wildman–Crippen LogP) is -7.89. The van der Waals surface area contributed by atoms with Crippen molar-refractivity contribution in [3.05, 3.63) is 11.1 Å². The van der Waals surface area contributed by atoms with E-state index in [2.05, 4.69) is 27.7 Å². The molecule has 2 saturated carbocycles. The molecule has 34 heteroatoms. The van der Waals surface area contributed by atoms with Gasteiger partial charge in [0.25, 0.3) is 0 Å². The third-order valence-corrected chi connectivity index (χ3v) is 24.6. The summed E-state index contributed by atoms with van der Waals surface area (Å²) in [5.74, 6) is -0.392. The van der Waals surface area contributed by atoms with Crippen LogP contribution in [-0.4, -0.2) is 350 Å². The van der Waals surface area contributed by atoms with Crippen molar-refractivity contribution in [2.24, 2.45) is 33.5 Å². The summed E-state index contributed by atoms with van der Waals surface area (Å²) < 4.78 is 79.1. The Balaban J connectivity index is 0.850. The van der Waals surface area contributed by atoms with E-state index in [-0.39, 0.29) is 35.1 Å². The second-order valence-corrected chi connectivity index (χ2v) is 29.4. The van der Waals surface area contributed by atoms with Crippen LogP contribution < -0.4 is 0 Å². The highest BCUT2D eigenvalue weighted by Crippen LogP contribution is 2.75. The normalized spacial score (nSPS) is 53.3. The van der Waals surface area contributed by atoms with Crippen LogP contribution in [0.2, 0.25) is 0 Å². The molecule has 0 aromatic rings. The van der Waals surface area contributed by atoms with Gasteiger partial charge in [0, 0.05) is 17.3 Å². The summed E-state index contributed by atoms with van der Waals surface area (Å²) in [4.78, 5) is 13.0. The molecule has 558 valence electrons. The van der Waals surface area contributed by atoms with Gasteiger partial charge in [0.15, 0.2) is 37.7 Å². The Kier molecular flexibility index (Phi) is 23.1. The van der Waals surface area contributed by atoms with E-state index in [4.69, 9.17) is 61.6 Å². The van der Waals surface area contributed by atoms with Crippen molar-refractivity contribution in [2.45, 2.75) is 295 Å². The lowest BCUT2D eigenvalue weighted by atomic mass is 9.42. The average Bonchev–Trinajstić information content (AvgIpc) is 1.59. The minimum atomic E-state index is -2.23. The van der Waals surface area contributed by atoms with Crippen molar-refractivity contribution in [2.75, 3.05) is 46.2 Å². The number of fused-ring (bicyclic) bond motifs is 5. The number of esters is 1. The second kappa shape index (κ2) is 29.5. The molecule has 9 fully saturated rings. The molecule has 7 aliphatic heterocycles. The van der Waals surface area contributed by atoms with E-state index in [0.29, 0.717) is 32.1 Å². The maximum absolute atomic E-state index is 13.0. The van der Waals surface area contributed by atoms with Gasteiger partial charge in [-0.3, -0.25) is 4.79 Å². The van der Waals surface area contributed by atoms with Gasteiger partial charge in [-0.15, -0.1) is 0 Å². The Morgan fingerprint density at radius 1 is 0.412 bits per heavy atom. The molecule has 34 nitrogen and oxygen atoms in total. The molecule has 0 aromatic heterocycles. The van der Waals surface area contributed by atoms with Crippen molar-refractivity contribution in [1.82, 2.24) is 0 Å². The second-order valence-electron chi connectivity index (χ2n) is 29.4. The van der Waals surface area contributed by atoms with Crippen LogP contribution in [-0.2, 0) is 66.4 Å². The highest BCUT2D eigenvalue weighted by molar-refractivity contribution is 5.71. The molecule has 11 aliphatic rings. The minimum absolute atomic E-state index is 0.163. The number of rotatable bonds is 19. The van der Waals surface area contributed by atoms with Crippen LogP contribution in [0.25, 0.3) is 0 Å². The van der Waals surface area contributed by atoms with Crippen LogP contribution >= 0.6 is 0 Å². The maximum Gasteiger partial charge on any atom is 0.306 e. The summed E-state index contributed by atoms with van der Waals surface area (Å²) in [7, 11) is 0. The van der Waals surface area contributed by atoms with Crippen LogP contribution in [0.15, 0.2) is 11.1 Å². The van der Waals surface area contributed by atoms with E-state index in [1.165, 1.54) is 18.1 Å². The highest BCUT2D eigenvalue weighted by atomic mass is 16.8. The van der Waals surface area contributed by atoms with Gasteiger partial charge in [-0.2, -0.15) is 0 Å². The number of hydrogen-bond donors (Lipinski definition) is 20. The van der Waals surface area contributed by atoms with Crippen LogP contribution in [0.4, 0.5) is 0 Å². The zero-order chi connectivity index (χ0) is 70.5. The Bertz CT molecular complexity index is 2700. The van der Waals surface area contributed by atoms with Crippen molar-refractivity contribution < 1.29 is 169 Å². The number of ether oxygens (including phenoxy) is 13. The summed E-state index contributed by atoms with van der Waals surface area (Å²) >= 11 is 0. The van der Waals surface area contributed by atoms with Gasteiger partial charge in [-0.1, -0.05) is 38.8 Å². The lowest BCUT2D eigenvalue weighted by molar-refractivity contribution is -0.416. The van der Waals surface area contributed by atoms with Crippen LogP contribution in [0.3, 0.4) is 0 Å². The van der Waals surface area contributed by atoms with Gasteiger partial charge in [0.2, 0.25) is 0 Å². The zero-order valence-corrected chi connectivity index (χ0v) is 54.7. The molecule has 37 atom stereocenters. The maximum atomic E-state index is 13.0. The molecular formula is C63H102O34. The van der Waals surface area contributed by atoms with Crippen molar-refractivity contribution in [1.29, 1.82) is 0 Å². The average molecular weight is 1400 g/mol. The molecule has 20 N–H and O–H groups in total. The molecule has 0 bridgehead atoms. The Hall–Kier alpha value is -2.07. The smallest absolute Gasteiger partial charge is 0.306 e. The van der Waals surface area contributed by atoms with Crippen LogP contribution in [0.5, 0.6) is 0 Å². The van der Waals surface area contributed by atoms with E-state index >= 15 is 0 Å². The molecule has 4 aliphatic carbocycles. The third-order valence-electron chi connectivity index (χ3n) is 24.6. The van der Waals surface area contributed by atoms with E-state index in [1.54, 1.807) is 0 Å². The molecule has 7 saturated heterocycles. The number of carbonyl (C=O) groups excluding carboxylic acids is 1. The Morgan fingerprint density at radius 2 is 0.876 bits per heavy atom. The van der Waals surface area contributed by atoms with E-state index < -0.39 is 253 Å². The molecule has 97 heavy (non-hydrogen) atoms. The quantitative estimate of drug-likeness (QED) is 0.0422. The number of hydrogen-bond acceptors (Lipinski definition) is 34. The van der Waals surface area contributed by atoms with E-state index in [0.717, 1.165) is 25.7 Å². The first-order chi connectivity index (χ1) is 45.9. The molecule has 0 radical (unpaired) electrons. The Morgan fingerprint density at radius 3 is 1.46 bits per heavy atom. The number of aliphatic hydroxyl groups excluding tert-OH is 20. The first-order valence-electron chi connectivity index (χ1n) is 33.8. The summed E-state index contributed by atoms with van der Waals surface area (Å²) in [6, 6.07) is 0. The standard InChI is InChI=1S/C63H102O34/c1-23-6-9-34(70)97-63(23)15-14-60(4)26-7-8-32-59(3,25(26)10-13-61(60,63)5)12-11-33(62(32,21-68)22-69)92-54-47(83)43(79)39(75)31(91-54)20-85-56-50(44(80)37(73)28(17-65)88-56)95-58-52(96-53-46(82)41(77)35(71)24(2)86-53)49(40(76)30(19-67)90-58)93-57-51(45(81)38(74)29(18-66)89-57)94-55-48(84)42(78)36(72)27(16-64)87-55/h23-24,27-33,35-58,64-69,71-84H,6-22H2,1-5H3/t23-,24+,27-,28-,29-,30-,31-,32-,33+,35+,36-,37+,38-,39-,40-,41-,42+,43+,44+,45+,46-,47-,48-,49+,50-,51-,52-,53+,54+,55+,56-,57+,58+,59-,60+,61+,63+/m1/s1. The van der Waals surface area contributed by atoms with Crippen molar-refractivity contribution >= 4 is 5.97 Å². The molecule has 7 heterocycles. The van der Waals surface area contributed by atoms with Gasteiger partial charge < -0.3 is 164 Å². The molecule has 0 aromatic carbocycles. The lowest BCUT2D eigenvalue weighted by Gasteiger charge is -2.64. The monoisotopic (exact) mass is 1400 g/mol. The Labute approximate surface area is 558 Å². The van der Waals surface area contributed by atoms with Crippen LogP contribution in [0, 0.1) is 33.5 Å². The van der Waals surface area contributed by atoms with Crippen molar-refractivity contribution in [3.8, 4) is 0 Å². The third kappa shape index (κ3) is 12.8. The first kappa shape index (κ1) is 76.1. The van der Waals surface area contributed by atoms with Gasteiger partial charge in [-0.25, -0.2) is 0 Å². The fourth-order valence-corrected chi connectivity index (χ4v) is 18.4. The summed E-state index contributed by atoms with van der Waals surface area (Å²) in [6.07, 6.45) is -54.2. The molecule has 1 spiro atoms. The highest BCUT2D eigenvalue weighted by Gasteiger charge is 2.72. The SMILES string of the molecule is C[C@@H]1O[C@@H](O[C@H]2[C@H](O[C@H]3[C@H](OC[C@H]4O[C@@H](O[C@H]5CC[C@]6(C)C7=C(CC[C@H]6C5(CO)CO)[C@]5(C)CC[C@@]6(OC(=O)CC[C@H]6C)[C@@]5(C)CC7)[C@H](O)[C@@H](O)[C@@H]4O)O[C@H](CO)[C@H](O)[C@@H]3O)O[C@H](CO)[C@@H](O)[C@@H]2O[C@@H]2O[C@H](CO)[C@@H](O)[C@H](O)[C@H]2O[C@@H]2O[C@H](CO)[C@@H](O)[C@H](O)[C@H]2O)[C@H](O)[C@H](O)[C@H]1O. The number of allylic oxidation sites excluding steroid dienone is 2. The molecule has 11 rings (SSSR count). The van der Waals surface area contributed by atoms with Gasteiger partial charge >= 0.3 is 5.97 Å². The van der Waals surface area contributed by atoms with Crippen molar-refractivity contribution in [3.63, 3.8) is 0 Å². The molecule has 0 amide bonds. The predicted molar refractivity (Wildman–Crippen MR) is 316 cm³/mol. The largest absolute Gasteiger partial charge is 0.458 e.